The van der Waals surface area contributed by atoms with E-state index in [2.05, 4.69) is 20.5 Å². The lowest BCUT2D eigenvalue weighted by atomic mass is 9.96. The van der Waals surface area contributed by atoms with Gasteiger partial charge in [0.25, 0.3) is 5.91 Å². The van der Waals surface area contributed by atoms with Crippen molar-refractivity contribution in [3.63, 3.8) is 0 Å². The molecule has 0 spiro atoms. The summed E-state index contributed by atoms with van der Waals surface area (Å²) in [7, 11) is 0. The van der Waals surface area contributed by atoms with E-state index in [-0.39, 0.29) is 11.9 Å². The van der Waals surface area contributed by atoms with Gasteiger partial charge in [-0.05, 0) is 45.1 Å². The molecule has 1 amide bonds. The highest BCUT2D eigenvalue weighted by Gasteiger charge is 2.29. The number of hydrogen-bond acceptors (Lipinski definition) is 5. The van der Waals surface area contributed by atoms with E-state index in [4.69, 9.17) is 4.98 Å². The zero-order chi connectivity index (χ0) is 18.9. The first-order valence-corrected chi connectivity index (χ1v) is 10.7. The number of rotatable bonds is 2. The van der Waals surface area contributed by atoms with Crippen LogP contribution < -0.4 is 5.32 Å². The fourth-order valence-electron chi connectivity index (χ4n) is 4.74. The molecule has 5 rings (SSSR count). The Morgan fingerprint density at radius 2 is 2.00 bits per heavy atom. The van der Waals surface area contributed by atoms with Crippen molar-refractivity contribution in [3.8, 4) is 0 Å². The highest BCUT2D eigenvalue weighted by molar-refractivity contribution is 5.94. The maximum Gasteiger partial charge on any atom is 0.274 e. The summed E-state index contributed by atoms with van der Waals surface area (Å²) in [5.74, 6) is 0.954. The predicted molar refractivity (Wildman–Crippen MR) is 105 cm³/mol. The predicted octanol–water partition coefficient (Wildman–Crippen LogP) is 2.48. The number of H-pyrrole nitrogens is 1. The van der Waals surface area contributed by atoms with Crippen LogP contribution in [0.25, 0.3) is 0 Å². The number of aromatic nitrogens is 4. The highest BCUT2D eigenvalue weighted by Crippen LogP contribution is 2.26. The lowest BCUT2D eigenvalue weighted by Gasteiger charge is -2.28. The molecule has 1 aliphatic carbocycles. The van der Waals surface area contributed by atoms with Crippen molar-refractivity contribution >= 4 is 5.91 Å². The molecular formula is C21H28N6O. The molecule has 148 valence electrons. The molecule has 3 aliphatic rings. The van der Waals surface area contributed by atoms with E-state index in [0.29, 0.717) is 18.8 Å². The Morgan fingerprint density at radius 3 is 2.86 bits per heavy atom. The zero-order valence-corrected chi connectivity index (χ0v) is 16.3. The van der Waals surface area contributed by atoms with Gasteiger partial charge in [-0.3, -0.25) is 9.89 Å². The topological polar surface area (TPSA) is 86.8 Å². The molecule has 0 bridgehead atoms. The number of hydrogen-bond donors (Lipinski definition) is 2. The number of carbonyl (C=O) groups is 1. The third-order valence-electron chi connectivity index (χ3n) is 6.37. The summed E-state index contributed by atoms with van der Waals surface area (Å²) in [4.78, 5) is 24.5. The lowest BCUT2D eigenvalue weighted by Crippen LogP contribution is -2.37. The Kier molecular flexibility index (Phi) is 4.84. The van der Waals surface area contributed by atoms with Gasteiger partial charge in [0.2, 0.25) is 0 Å². The molecular weight excluding hydrogens is 352 g/mol. The molecule has 2 aromatic rings. The Morgan fingerprint density at radius 1 is 1.11 bits per heavy atom. The second-order valence-electron chi connectivity index (χ2n) is 8.27. The Hall–Kier alpha value is -2.28. The fourth-order valence-corrected chi connectivity index (χ4v) is 4.74. The van der Waals surface area contributed by atoms with Gasteiger partial charge >= 0.3 is 0 Å². The minimum Gasteiger partial charge on any atom is -0.332 e. The summed E-state index contributed by atoms with van der Waals surface area (Å²) in [6.45, 7) is 2.32. The smallest absolute Gasteiger partial charge is 0.274 e. The number of amides is 1. The zero-order valence-electron chi connectivity index (χ0n) is 16.3. The normalized spacial score (nSPS) is 22.3. The third-order valence-corrected chi connectivity index (χ3v) is 6.37. The molecule has 7 nitrogen and oxygen atoms in total. The van der Waals surface area contributed by atoms with Gasteiger partial charge in [-0.25, -0.2) is 9.97 Å². The van der Waals surface area contributed by atoms with Crippen LogP contribution in [0.2, 0.25) is 0 Å². The molecule has 4 heterocycles. The molecule has 1 atom stereocenters. The number of aryl methyl sites for hydroxylation is 1. The quantitative estimate of drug-likeness (QED) is 0.836. The first-order chi connectivity index (χ1) is 13.8. The third kappa shape index (κ3) is 3.32. The van der Waals surface area contributed by atoms with Gasteiger partial charge < -0.3 is 10.2 Å². The van der Waals surface area contributed by atoms with E-state index in [0.717, 1.165) is 67.0 Å². The van der Waals surface area contributed by atoms with Crippen molar-refractivity contribution in [1.29, 1.82) is 0 Å². The van der Waals surface area contributed by atoms with Crippen LogP contribution >= 0.6 is 0 Å². The molecule has 1 unspecified atom stereocenters. The number of fused-ring (bicyclic) bond motifs is 2. The summed E-state index contributed by atoms with van der Waals surface area (Å²) in [6.07, 6.45) is 11.8. The largest absolute Gasteiger partial charge is 0.332 e. The molecule has 1 fully saturated rings. The summed E-state index contributed by atoms with van der Waals surface area (Å²) >= 11 is 0. The van der Waals surface area contributed by atoms with E-state index in [9.17, 15) is 4.79 Å². The van der Waals surface area contributed by atoms with E-state index < -0.39 is 0 Å². The molecule has 0 saturated carbocycles. The van der Waals surface area contributed by atoms with Gasteiger partial charge in [0.05, 0.1) is 11.7 Å². The first-order valence-electron chi connectivity index (χ1n) is 10.7. The minimum absolute atomic E-state index is 0.0465. The lowest BCUT2D eigenvalue weighted by molar-refractivity contribution is 0.0726. The Labute approximate surface area is 165 Å². The standard InChI is InChI=1S/C21H28N6O/c28-21(19-15-6-3-1-2-4-7-17(15)25-26-19)27-11-9-16-14(13-27)12-23-20(24-16)18-8-5-10-22-18/h12,18,22H,1-11,13H2,(H,25,26). The van der Waals surface area contributed by atoms with E-state index in [1.54, 1.807) is 0 Å². The molecule has 0 radical (unpaired) electrons. The van der Waals surface area contributed by atoms with E-state index in [1.807, 2.05) is 11.1 Å². The van der Waals surface area contributed by atoms with Gasteiger partial charge in [-0.1, -0.05) is 12.8 Å². The van der Waals surface area contributed by atoms with Crippen LogP contribution in [-0.4, -0.2) is 44.1 Å². The van der Waals surface area contributed by atoms with Crippen molar-refractivity contribution in [1.82, 2.24) is 30.4 Å². The summed E-state index contributed by atoms with van der Waals surface area (Å²) in [6, 6.07) is 0.286. The Balaban J connectivity index is 1.34. The van der Waals surface area contributed by atoms with Gasteiger partial charge in [0.15, 0.2) is 5.69 Å². The molecule has 0 aromatic carbocycles. The number of carbonyl (C=O) groups excluding carboxylic acids is 1. The van der Waals surface area contributed by atoms with Gasteiger partial charge in [-0.2, -0.15) is 5.10 Å². The van der Waals surface area contributed by atoms with Crippen molar-refractivity contribution in [2.45, 2.75) is 70.4 Å². The minimum atomic E-state index is 0.0465. The summed E-state index contributed by atoms with van der Waals surface area (Å²) in [5, 5.41) is 11.0. The summed E-state index contributed by atoms with van der Waals surface area (Å²) < 4.78 is 0. The molecule has 28 heavy (non-hydrogen) atoms. The summed E-state index contributed by atoms with van der Waals surface area (Å²) in [5.41, 5.74) is 5.11. The van der Waals surface area contributed by atoms with Crippen LogP contribution in [-0.2, 0) is 25.8 Å². The van der Waals surface area contributed by atoms with Gasteiger partial charge in [0, 0.05) is 42.5 Å². The van der Waals surface area contributed by atoms with Crippen molar-refractivity contribution in [2.75, 3.05) is 13.1 Å². The number of nitrogens with one attached hydrogen (secondary N) is 2. The van der Waals surface area contributed by atoms with Crippen LogP contribution in [0.4, 0.5) is 0 Å². The maximum absolute atomic E-state index is 13.2. The number of aromatic amines is 1. The molecule has 1 saturated heterocycles. The SMILES string of the molecule is O=C(c1n[nH]c2c1CCCCCC2)N1CCc2nc(C3CCCN3)ncc2C1. The molecule has 2 N–H and O–H groups in total. The monoisotopic (exact) mass is 380 g/mol. The first kappa shape index (κ1) is 17.8. The maximum atomic E-state index is 13.2. The molecule has 2 aliphatic heterocycles. The highest BCUT2D eigenvalue weighted by atomic mass is 16.2. The average Bonchev–Trinajstić information content (AvgIpc) is 3.37. The van der Waals surface area contributed by atoms with Crippen LogP contribution in [0, 0.1) is 0 Å². The van der Waals surface area contributed by atoms with Gasteiger partial charge in [-0.15, -0.1) is 0 Å². The van der Waals surface area contributed by atoms with E-state index >= 15 is 0 Å². The van der Waals surface area contributed by atoms with Crippen molar-refractivity contribution in [3.05, 3.63) is 40.2 Å². The second kappa shape index (κ2) is 7.62. The van der Waals surface area contributed by atoms with Crippen LogP contribution in [0.1, 0.15) is 83.4 Å². The fraction of sp³-hybridized carbons (Fsp3) is 0.619. The second-order valence-corrected chi connectivity index (χ2v) is 8.27. The van der Waals surface area contributed by atoms with Crippen molar-refractivity contribution in [2.24, 2.45) is 0 Å². The molecule has 7 heteroatoms. The molecule has 2 aromatic heterocycles. The van der Waals surface area contributed by atoms with Gasteiger partial charge in [0.1, 0.15) is 5.82 Å². The van der Waals surface area contributed by atoms with E-state index in [1.165, 1.54) is 25.7 Å². The average molecular weight is 380 g/mol. The van der Waals surface area contributed by atoms with Crippen LogP contribution in [0.3, 0.4) is 0 Å². The van der Waals surface area contributed by atoms with Crippen LogP contribution in [0.5, 0.6) is 0 Å². The van der Waals surface area contributed by atoms with Crippen LogP contribution in [0.15, 0.2) is 6.20 Å². The van der Waals surface area contributed by atoms with Crippen molar-refractivity contribution < 1.29 is 4.79 Å². The Bertz CT molecular complexity index is 870. The number of nitrogens with zero attached hydrogens (tertiary/aromatic N) is 4.